The molecule has 1 atom stereocenters. The van der Waals surface area contributed by atoms with E-state index in [0.717, 1.165) is 5.71 Å². The third-order valence-electron chi connectivity index (χ3n) is 4.46. The highest BCUT2D eigenvalue weighted by atomic mass is 32.2. The lowest BCUT2D eigenvalue weighted by Crippen LogP contribution is -2.34. The normalized spacial score (nSPS) is 16.1. The van der Waals surface area contributed by atoms with Crippen LogP contribution in [-0.4, -0.2) is 42.8 Å². The van der Waals surface area contributed by atoms with Crippen LogP contribution in [-0.2, 0) is 25.4 Å². The second-order valence-electron chi connectivity index (χ2n) is 6.79. The third kappa shape index (κ3) is 6.02. The van der Waals surface area contributed by atoms with Crippen LogP contribution < -0.4 is 4.31 Å². The largest absolute Gasteiger partial charge is 0.481 e. The number of carboxylic acids is 1. The van der Waals surface area contributed by atoms with Crippen LogP contribution in [0.25, 0.3) is 0 Å². The molecule has 154 valence electrons. The fourth-order valence-electron chi connectivity index (χ4n) is 3.13. The second-order valence-corrected chi connectivity index (χ2v) is 8.69. The first-order chi connectivity index (χ1) is 13.9. The van der Waals surface area contributed by atoms with Crippen LogP contribution in [0.15, 0.2) is 59.9 Å². The number of aromatic nitrogens is 1. The molecule has 1 N–H and O–H groups in total. The molecule has 1 aromatic carbocycles. The van der Waals surface area contributed by atoms with E-state index in [-0.39, 0.29) is 18.7 Å². The van der Waals surface area contributed by atoms with Crippen molar-refractivity contribution in [3.63, 3.8) is 0 Å². The van der Waals surface area contributed by atoms with Gasteiger partial charge in [-0.3, -0.25) is 9.10 Å². The summed E-state index contributed by atoms with van der Waals surface area (Å²) in [6, 6.07) is 14.2. The molecule has 8 nitrogen and oxygen atoms in total. The van der Waals surface area contributed by atoms with E-state index in [9.17, 15) is 13.2 Å². The van der Waals surface area contributed by atoms with Gasteiger partial charge < -0.3 is 9.94 Å². The van der Waals surface area contributed by atoms with E-state index in [1.807, 2.05) is 18.2 Å². The van der Waals surface area contributed by atoms with Crippen LogP contribution in [0.3, 0.4) is 0 Å². The summed E-state index contributed by atoms with van der Waals surface area (Å²) in [5.74, 6) is -0.675. The van der Waals surface area contributed by atoms with Crippen molar-refractivity contribution in [2.45, 2.75) is 37.5 Å². The van der Waals surface area contributed by atoms with Gasteiger partial charge in [-0.05, 0) is 30.5 Å². The van der Waals surface area contributed by atoms with Crippen LogP contribution in [0.5, 0.6) is 0 Å². The molecule has 0 fully saturated rings. The van der Waals surface area contributed by atoms with Crippen molar-refractivity contribution in [1.82, 2.24) is 4.98 Å². The number of pyridine rings is 1. The number of carboxylic acid groups (broad SMARTS) is 1. The Kier molecular flexibility index (Phi) is 6.82. The standard InChI is InChI=1S/C20H23N3O5S/c24-20(25)14-18-13-17(22-28-18)9-6-12-23(19-10-4-5-11-21-19)29(26,27)15-16-7-2-1-3-8-16/h1-5,7-8,10-11,18H,6,9,12-15H2,(H,24,25). The van der Waals surface area contributed by atoms with Crippen molar-refractivity contribution in [2.24, 2.45) is 5.16 Å². The fraction of sp³-hybridized carbons (Fsp3) is 0.350. The van der Waals surface area contributed by atoms with Crippen LogP contribution in [0, 0.1) is 0 Å². The minimum Gasteiger partial charge on any atom is -0.481 e. The number of sulfonamides is 1. The van der Waals surface area contributed by atoms with Gasteiger partial charge in [-0.2, -0.15) is 0 Å². The van der Waals surface area contributed by atoms with Gasteiger partial charge >= 0.3 is 5.97 Å². The number of rotatable bonds is 10. The van der Waals surface area contributed by atoms with Crippen LogP contribution in [0.1, 0.15) is 31.2 Å². The molecule has 0 radical (unpaired) electrons. The van der Waals surface area contributed by atoms with Gasteiger partial charge in [0, 0.05) is 19.2 Å². The zero-order chi connectivity index (χ0) is 20.7. The average Bonchev–Trinajstić information content (AvgIpc) is 3.12. The SMILES string of the molecule is O=C(O)CC1CC(CCCN(c2ccccn2)S(=O)(=O)Cc2ccccc2)=NO1. The quantitative estimate of drug-likeness (QED) is 0.637. The highest BCUT2D eigenvalue weighted by Crippen LogP contribution is 2.21. The number of hydrogen-bond donors (Lipinski definition) is 1. The number of benzene rings is 1. The van der Waals surface area contributed by atoms with Crippen LogP contribution >= 0.6 is 0 Å². The molecule has 0 saturated carbocycles. The predicted octanol–water partition coefficient (Wildman–Crippen LogP) is 2.82. The molecule has 1 aliphatic heterocycles. The van der Waals surface area contributed by atoms with Gasteiger partial charge in [-0.1, -0.05) is 41.6 Å². The molecule has 0 saturated heterocycles. The summed E-state index contributed by atoms with van der Waals surface area (Å²) in [6.07, 6.45) is 2.51. The molecular weight excluding hydrogens is 394 g/mol. The van der Waals surface area contributed by atoms with Crippen molar-refractivity contribution in [3.05, 3.63) is 60.3 Å². The Bertz CT molecular complexity index is 949. The summed E-state index contributed by atoms with van der Waals surface area (Å²) < 4.78 is 27.5. The molecule has 0 aliphatic carbocycles. The summed E-state index contributed by atoms with van der Waals surface area (Å²) in [5.41, 5.74) is 1.45. The second kappa shape index (κ2) is 9.51. The minimum atomic E-state index is -3.63. The van der Waals surface area contributed by atoms with Crippen molar-refractivity contribution in [3.8, 4) is 0 Å². The molecule has 0 spiro atoms. The summed E-state index contributed by atoms with van der Waals surface area (Å²) in [7, 11) is -3.63. The Balaban J connectivity index is 1.65. The molecule has 9 heteroatoms. The van der Waals surface area contributed by atoms with Crippen molar-refractivity contribution in [2.75, 3.05) is 10.8 Å². The number of anilines is 1. The van der Waals surface area contributed by atoms with Crippen LogP contribution in [0.2, 0.25) is 0 Å². The number of carbonyl (C=O) groups is 1. The van der Waals surface area contributed by atoms with Gasteiger partial charge in [0.15, 0.2) is 0 Å². The van der Waals surface area contributed by atoms with Gasteiger partial charge in [0.05, 0.1) is 17.9 Å². The maximum Gasteiger partial charge on any atom is 0.307 e. The van der Waals surface area contributed by atoms with E-state index in [2.05, 4.69) is 10.1 Å². The molecule has 1 aliphatic rings. The predicted molar refractivity (Wildman–Crippen MR) is 109 cm³/mol. The van der Waals surface area contributed by atoms with Gasteiger partial charge in [-0.25, -0.2) is 13.4 Å². The third-order valence-corrected chi connectivity index (χ3v) is 6.19. The highest BCUT2D eigenvalue weighted by molar-refractivity contribution is 7.92. The first-order valence-electron chi connectivity index (χ1n) is 9.33. The minimum absolute atomic E-state index is 0.0987. The Hall–Kier alpha value is -2.94. The lowest BCUT2D eigenvalue weighted by molar-refractivity contribution is -0.139. The lowest BCUT2D eigenvalue weighted by Gasteiger charge is -2.23. The van der Waals surface area contributed by atoms with Gasteiger partial charge in [0.25, 0.3) is 0 Å². The summed E-state index contributed by atoms with van der Waals surface area (Å²) >= 11 is 0. The summed E-state index contributed by atoms with van der Waals surface area (Å²) in [4.78, 5) is 20.1. The van der Waals surface area contributed by atoms with Gasteiger partial charge in [-0.15, -0.1) is 0 Å². The molecule has 29 heavy (non-hydrogen) atoms. The molecule has 0 bridgehead atoms. The Morgan fingerprint density at radius 1 is 1.17 bits per heavy atom. The molecule has 0 amide bonds. The van der Waals surface area contributed by atoms with Gasteiger partial charge in [0.2, 0.25) is 10.0 Å². The number of hydrogen-bond acceptors (Lipinski definition) is 6. The fourth-order valence-corrected chi connectivity index (χ4v) is 4.70. The number of aliphatic carboxylic acids is 1. The van der Waals surface area contributed by atoms with E-state index in [4.69, 9.17) is 9.94 Å². The van der Waals surface area contributed by atoms with E-state index >= 15 is 0 Å². The Labute approximate surface area is 169 Å². The zero-order valence-corrected chi connectivity index (χ0v) is 16.7. The number of nitrogens with zero attached hydrogens (tertiary/aromatic N) is 3. The topological polar surface area (TPSA) is 109 Å². The monoisotopic (exact) mass is 417 g/mol. The van der Waals surface area contributed by atoms with Crippen molar-refractivity contribution in [1.29, 1.82) is 0 Å². The first-order valence-corrected chi connectivity index (χ1v) is 10.9. The van der Waals surface area contributed by atoms with E-state index in [1.54, 1.807) is 36.5 Å². The molecule has 1 unspecified atom stereocenters. The molecule has 2 heterocycles. The maximum atomic E-state index is 13.1. The number of oxime groups is 1. The lowest BCUT2D eigenvalue weighted by atomic mass is 10.1. The molecule has 2 aromatic rings. The summed E-state index contributed by atoms with van der Waals surface area (Å²) in [6.45, 7) is 0.245. The molecular formula is C20H23N3O5S. The van der Waals surface area contributed by atoms with E-state index in [1.165, 1.54) is 4.31 Å². The maximum absolute atomic E-state index is 13.1. The van der Waals surface area contributed by atoms with E-state index < -0.39 is 22.1 Å². The van der Waals surface area contributed by atoms with Crippen molar-refractivity contribution < 1.29 is 23.2 Å². The van der Waals surface area contributed by atoms with Gasteiger partial charge in [0.1, 0.15) is 11.9 Å². The average molecular weight is 417 g/mol. The Morgan fingerprint density at radius 2 is 1.93 bits per heavy atom. The smallest absolute Gasteiger partial charge is 0.307 e. The first kappa shape index (κ1) is 20.8. The molecule has 3 rings (SSSR count). The van der Waals surface area contributed by atoms with Crippen LogP contribution in [0.4, 0.5) is 5.82 Å². The van der Waals surface area contributed by atoms with Crippen molar-refractivity contribution >= 4 is 27.5 Å². The van der Waals surface area contributed by atoms with E-state index in [0.29, 0.717) is 30.6 Å². The highest BCUT2D eigenvalue weighted by Gasteiger charge is 2.26. The molecule has 1 aromatic heterocycles. The zero-order valence-electron chi connectivity index (χ0n) is 15.8. The summed E-state index contributed by atoms with van der Waals surface area (Å²) in [5, 5.41) is 12.8. The Morgan fingerprint density at radius 3 is 2.62 bits per heavy atom.